The van der Waals surface area contributed by atoms with E-state index in [-0.39, 0.29) is 12.5 Å². The summed E-state index contributed by atoms with van der Waals surface area (Å²) >= 11 is 2.12. The van der Waals surface area contributed by atoms with Gasteiger partial charge in [-0.3, -0.25) is 13.9 Å². The second kappa shape index (κ2) is 12.2. The van der Waals surface area contributed by atoms with E-state index in [1.165, 1.54) is 6.21 Å². The fourth-order valence-electron chi connectivity index (χ4n) is 3.38. The summed E-state index contributed by atoms with van der Waals surface area (Å²) in [6, 6.07) is 13.7. The molecule has 0 saturated carbocycles. The van der Waals surface area contributed by atoms with Gasteiger partial charge in [-0.05, 0) is 95.9 Å². The summed E-state index contributed by atoms with van der Waals surface area (Å²) in [6.07, 6.45) is 5.72. The molecule has 182 valence electrons. The molecule has 11 heteroatoms. The van der Waals surface area contributed by atoms with Crippen molar-refractivity contribution in [1.29, 1.82) is 0 Å². The van der Waals surface area contributed by atoms with Crippen molar-refractivity contribution in [3.8, 4) is 5.75 Å². The van der Waals surface area contributed by atoms with Crippen LogP contribution in [0.15, 0.2) is 53.6 Å². The number of sulfonamides is 1. The molecule has 1 saturated heterocycles. The van der Waals surface area contributed by atoms with Crippen LogP contribution in [0, 0.1) is 3.57 Å². The molecular formula is C23H27IN4O5S. The molecule has 0 spiro atoms. The third-order valence-electron chi connectivity index (χ3n) is 5.16. The Kier molecular flexibility index (Phi) is 9.28. The van der Waals surface area contributed by atoms with Gasteiger partial charge in [0.05, 0.1) is 18.2 Å². The quantitative estimate of drug-likeness (QED) is 0.271. The second-order valence-corrected chi connectivity index (χ2v) is 11.0. The average Bonchev–Trinajstić information content (AvgIpc) is 2.82. The van der Waals surface area contributed by atoms with Crippen molar-refractivity contribution in [2.45, 2.75) is 19.3 Å². The number of piperidine rings is 1. The van der Waals surface area contributed by atoms with Gasteiger partial charge in [-0.25, -0.2) is 13.8 Å². The number of nitrogens with one attached hydrogen (secondary N) is 1. The maximum atomic E-state index is 12.3. The molecule has 1 aliphatic rings. The van der Waals surface area contributed by atoms with Gasteiger partial charge in [0.15, 0.2) is 6.61 Å². The summed E-state index contributed by atoms with van der Waals surface area (Å²) < 4.78 is 31.8. The zero-order valence-electron chi connectivity index (χ0n) is 18.8. The van der Waals surface area contributed by atoms with Crippen LogP contribution in [0.2, 0.25) is 0 Å². The van der Waals surface area contributed by atoms with Crippen molar-refractivity contribution >= 4 is 56.3 Å². The first-order chi connectivity index (χ1) is 16.2. The molecule has 0 unspecified atom stereocenters. The Bertz CT molecular complexity index is 1120. The Hall–Kier alpha value is -2.67. The van der Waals surface area contributed by atoms with Crippen molar-refractivity contribution in [3.63, 3.8) is 0 Å². The molecule has 1 heterocycles. The van der Waals surface area contributed by atoms with Crippen LogP contribution in [-0.4, -0.2) is 63.8 Å². The Balaban J connectivity index is 1.49. The number of halogens is 1. The van der Waals surface area contributed by atoms with Crippen LogP contribution < -0.4 is 14.5 Å². The molecule has 0 atom stereocenters. The monoisotopic (exact) mass is 598 g/mol. The lowest BCUT2D eigenvalue weighted by atomic mass is 10.1. The normalized spacial score (nSPS) is 14.1. The highest BCUT2D eigenvalue weighted by Crippen LogP contribution is 2.19. The number of ether oxygens (including phenoxy) is 1. The zero-order chi connectivity index (χ0) is 24.6. The average molecular weight is 598 g/mol. The molecule has 2 amide bonds. The Morgan fingerprint density at radius 3 is 2.35 bits per heavy atom. The van der Waals surface area contributed by atoms with Gasteiger partial charge in [-0.2, -0.15) is 5.10 Å². The van der Waals surface area contributed by atoms with Crippen LogP contribution >= 0.6 is 22.6 Å². The van der Waals surface area contributed by atoms with Crippen LogP contribution in [0.1, 0.15) is 24.8 Å². The standard InChI is InChI=1S/C23H27IN4O5S/c1-34(31,32)28(20-9-7-19(24)8-10-20)16-22(29)26-25-15-18-5-11-21(12-6-18)33-17-23(30)27-13-3-2-4-14-27/h5-12,15H,2-4,13-14,16-17H2,1H3,(H,26,29)/b25-15-. The number of nitrogens with zero attached hydrogens (tertiary/aromatic N) is 3. The molecule has 0 bridgehead atoms. The fourth-order valence-corrected chi connectivity index (χ4v) is 4.60. The lowest BCUT2D eigenvalue weighted by Crippen LogP contribution is -2.39. The maximum Gasteiger partial charge on any atom is 0.260 e. The summed E-state index contributed by atoms with van der Waals surface area (Å²) in [7, 11) is -3.65. The van der Waals surface area contributed by atoms with E-state index in [0.29, 0.717) is 17.0 Å². The molecule has 1 fully saturated rings. The number of carbonyl (C=O) groups is 2. The van der Waals surface area contributed by atoms with Gasteiger partial charge in [0.1, 0.15) is 12.3 Å². The molecule has 3 rings (SSSR count). The zero-order valence-corrected chi connectivity index (χ0v) is 21.8. The molecule has 2 aromatic carbocycles. The first kappa shape index (κ1) is 25.9. The van der Waals surface area contributed by atoms with E-state index < -0.39 is 22.5 Å². The Morgan fingerprint density at radius 1 is 1.09 bits per heavy atom. The minimum absolute atomic E-state index is 0.000887. The van der Waals surface area contributed by atoms with Gasteiger partial charge < -0.3 is 9.64 Å². The van der Waals surface area contributed by atoms with Crippen LogP contribution in [0.5, 0.6) is 5.75 Å². The number of hydrogen-bond acceptors (Lipinski definition) is 6. The first-order valence-corrected chi connectivity index (χ1v) is 13.7. The van der Waals surface area contributed by atoms with E-state index in [0.717, 1.165) is 46.5 Å². The largest absolute Gasteiger partial charge is 0.484 e. The Morgan fingerprint density at radius 2 is 1.74 bits per heavy atom. The van der Waals surface area contributed by atoms with E-state index in [9.17, 15) is 18.0 Å². The smallest absolute Gasteiger partial charge is 0.260 e. The second-order valence-electron chi connectivity index (χ2n) is 7.84. The van der Waals surface area contributed by atoms with Crippen molar-refractivity contribution in [3.05, 3.63) is 57.7 Å². The van der Waals surface area contributed by atoms with Crippen molar-refractivity contribution in [1.82, 2.24) is 10.3 Å². The molecule has 0 aromatic heterocycles. The third kappa shape index (κ3) is 7.97. The third-order valence-corrected chi connectivity index (χ3v) is 7.02. The van der Waals surface area contributed by atoms with Gasteiger partial charge in [-0.15, -0.1) is 0 Å². The minimum atomic E-state index is -3.65. The first-order valence-electron chi connectivity index (χ1n) is 10.8. The number of anilines is 1. The molecule has 1 aliphatic heterocycles. The van der Waals surface area contributed by atoms with E-state index >= 15 is 0 Å². The van der Waals surface area contributed by atoms with E-state index in [4.69, 9.17) is 4.74 Å². The van der Waals surface area contributed by atoms with Gasteiger partial charge in [0.2, 0.25) is 10.0 Å². The molecule has 34 heavy (non-hydrogen) atoms. The minimum Gasteiger partial charge on any atom is -0.484 e. The highest BCUT2D eigenvalue weighted by Gasteiger charge is 2.20. The van der Waals surface area contributed by atoms with Crippen LogP contribution in [0.25, 0.3) is 0 Å². The molecule has 0 aliphatic carbocycles. The summed E-state index contributed by atoms with van der Waals surface area (Å²) in [5, 5.41) is 3.90. The predicted molar refractivity (Wildman–Crippen MR) is 139 cm³/mol. The number of hydrogen-bond donors (Lipinski definition) is 1. The van der Waals surface area contributed by atoms with Gasteiger partial charge in [-0.1, -0.05) is 0 Å². The molecule has 9 nitrogen and oxygen atoms in total. The molecule has 1 N–H and O–H groups in total. The van der Waals surface area contributed by atoms with Crippen molar-refractivity contribution in [2.75, 3.05) is 36.8 Å². The van der Waals surface area contributed by atoms with Crippen LogP contribution in [-0.2, 0) is 19.6 Å². The number of likely N-dealkylation sites (tertiary alicyclic amines) is 1. The van der Waals surface area contributed by atoms with E-state index in [1.807, 2.05) is 4.90 Å². The van der Waals surface area contributed by atoms with Gasteiger partial charge >= 0.3 is 0 Å². The lowest BCUT2D eigenvalue weighted by molar-refractivity contribution is -0.134. The number of benzene rings is 2. The number of hydrazone groups is 1. The van der Waals surface area contributed by atoms with E-state index in [2.05, 4.69) is 33.1 Å². The predicted octanol–water partition coefficient (Wildman–Crippen LogP) is 2.60. The number of carbonyl (C=O) groups excluding carboxylic acids is 2. The fraction of sp³-hybridized carbons (Fsp3) is 0.348. The van der Waals surface area contributed by atoms with E-state index in [1.54, 1.807) is 48.5 Å². The molecule has 2 aromatic rings. The van der Waals surface area contributed by atoms with Crippen molar-refractivity contribution < 1.29 is 22.7 Å². The number of amides is 2. The van der Waals surface area contributed by atoms with Crippen LogP contribution in [0.3, 0.4) is 0 Å². The highest BCUT2D eigenvalue weighted by molar-refractivity contribution is 14.1. The van der Waals surface area contributed by atoms with Gasteiger partial charge in [0.25, 0.3) is 11.8 Å². The molecule has 0 radical (unpaired) electrons. The summed E-state index contributed by atoms with van der Waals surface area (Å²) in [5.74, 6) is -0.0225. The summed E-state index contributed by atoms with van der Waals surface area (Å²) in [6.45, 7) is 1.18. The highest BCUT2D eigenvalue weighted by atomic mass is 127. The topological polar surface area (TPSA) is 108 Å². The Labute approximate surface area is 213 Å². The van der Waals surface area contributed by atoms with Crippen LogP contribution in [0.4, 0.5) is 5.69 Å². The van der Waals surface area contributed by atoms with Gasteiger partial charge in [0, 0.05) is 16.7 Å². The SMILES string of the molecule is CS(=O)(=O)N(CC(=O)N/N=C\c1ccc(OCC(=O)N2CCCCC2)cc1)c1ccc(I)cc1. The summed E-state index contributed by atoms with van der Waals surface area (Å²) in [5.41, 5.74) is 3.45. The number of rotatable bonds is 9. The maximum absolute atomic E-state index is 12.3. The van der Waals surface area contributed by atoms with Crippen molar-refractivity contribution in [2.24, 2.45) is 5.10 Å². The molecular weight excluding hydrogens is 571 g/mol. The lowest BCUT2D eigenvalue weighted by Gasteiger charge is -2.26. The summed E-state index contributed by atoms with van der Waals surface area (Å²) in [4.78, 5) is 26.3.